The Kier molecular flexibility index (Phi) is 5.00. The summed E-state index contributed by atoms with van der Waals surface area (Å²) in [6, 6.07) is 14.3. The Morgan fingerprint density at radius 2 is 1.41 bits per heavy atom. The number of hydrogen-bond acceptors (Lipinski definition) is 4. The van der Waals surface area contributed by atoms with Gasteiger partial charge >= 0.3 is 0 Å². The molecule has 0 aliphatic rings. The van der Waals surface area contributed by atoms with Crippen LogP contribution in [-0.2, 0) is 19.9 Å². The van der Waals surface area contributed by atoms with Gasteiger partial charge in [-0.3, -0.25) is 0 Å². The average molecular weight is 339 g/mol. The Hall–Kier alpha value is -1.70. The van der Waals surface area contributed by atoms with E-state index in [9.17, 15) is 16.8 Å². The second-order valence-electron chi connectivity index (χ2n) is 4.84. The minimum Gasteiger partial charge on any atom is -0.224 e. The second kappa shape index (κ2) is 6.60. The third-order valence-electron chi connectivity index (χ3n) is 3.10. The van der Waals surface area contributed by atoms with E-state index in [1.165, 1.54) is 24.3 Å². The lowest BCUT2D eigenvalue weighted by Gasteiger charge is -2.08. The Labute approximate surface area is 131 Å². The van der Waals surface area contributed by atoms with Gasteiger partial charge in [0.1, 0.15) is 0 Å². The lowest BCUT2D eigenvalue weighted by molar-refractivity contribution is 0.581. The molecule has 0 unspecified atom stereocenters. The van der Waals surface area contributed by atoms with Crippen LogP contribution in [0.2, 0.25) is 0 Å². The van der Waals surface area contributed by atoms with Crippen LogP contribution in [0, 0.1) is 6.92 Å². The highest BCUT2D eigenvalue weighted by atomic mass is 32.2. The lowest BCUT2D eigenvalue weighted by atomic mass is 10.2. The molecule has 0 aliphatic heterocycles. The highest BCUT2D eigenvalue weighted by Crippen LogP contribution is 2.11. The summed E-state index contributed by atoms with van der Waals surface area (Å²) in [4.78, 5) is 0.305. The summed E-state index contributed by atoms with van der Waals surface area (Å²) in [5.74, 6) is -0.290. The molecule has 0 amide bonds. The predicted molar refractivity (Wildman–Crippen MR) is 84.9 cm³/mol. The maximum atomic E-state index is 12.1. The van der Waals surface area contributed by atoms with Crippen LogP contribution in [0.3, 0.4) is 0 Å². The first-order chi connectivity index (χ1) is 10.3. The molecule has 5 nitrogen and oxygen atoms in total. The lowest BCUT2D eigenvalue weighted by Crippen LogP contribution is -2.29. The number of hydrogen-bond donors (Lipinski definition) is 1. The molecule has 2 aromatic carbocycles. The fraction of sp³-hybridized carbons (Fsp3) is 0.200. The van der Waals surface area contributed by atoms with E-state index >= 15 is 0 Å². The van der Waals surface area contributed by atoms with Crippen molar-refractivity contribution in [3.63, 3.8) is 0 Å². The van der Waals surface area contributed by atoms with E-state index in [4.69, 9.17) is 0 Å². The van der Waals surface area contributed by atoms with E-state index < -0.39 is 19.9 Å². The second-order valence-corrected chi connectivity index (χ2v) is 8.72. The highest BCUT2D eigenvalue weighted by molar-refractivity contribution is 7.91. The predicted octanol–water partition coefficient (Wildman–Crippen LogP) is 1.75. The van der Waals surface area contributed by atoms with Crippen LogP contribution in [0.25, 0.3) is 0 Å². The normalized spacial score (nSPS) is 12.2. The van der Waals surface area contributed by atoms with Gasteiger partial charge in [-0.25, -0.2) is 21.6 Å². The molecule has 0 spiro atoms. The van der Waals surface area contributed by atoms with Crippen LogP contribution in [-0.4, -0.2) is 29.1 Å². The SMILES string of the molecule is Cc1ccc(S(=O)(=O)NCCS(=O)(=O)c2ccccc2)cc1. The zero-order valence-corrected chi connectivity index (χ0v) is 13.7. The van der Waals surface area contributed by atoms with Crippen molar-refractivity contribution in [2.45, 2.75) is 16.7 Å². The van der Waals surface area contributed by atoms with Crippen molar-refractivity contribution in [2.24, 2.45) is 0 Å². The monoisotopic (exact) mass is 339 g/mol. The molecule has 118 valence electrons. The first kappa shape index (κ1) is 16.7. The number of rotatable bonds is 6. The molecule has 2 rings (SSSR count). The van der Waals surface area contributed by atoms with Crippen molar-refractivity contribution >= 4 is 19.9 Å². The Morgan fingerprint density at radius 1 is 0.818 bits per heavy atom. The maximum absolute atomic E-state index is 12.1. The van der Waals surface area contributed by atoms with Crippen LogP contribution >= 0.6 is 0 Å². The molecular weight excluding hydrogens is 322 g/mol. The molecule has 0 heterocycles. The van der Waals surface area contributed by atoms with Gasteiger partial charge < -0.3 is 0 Å². The van der Waals surface area contributed by atoms with Gasteiger partial charge in [0.15, 0.2) is 9.84 Å². The molecule has 0 saturated carbocycles. The van der Waals surface area contributed by atoms with Crippen molar-refractivity contribution in [1.29, 1.82) is 0 Å². The number of sulfone groups is 1. The van der Waals surface area contributed by atoms with E-state index in [-0.39, 0.29) is 22.1 Å². The quantitative estimate of drug-likeness (QED) is 0.869. The number of nitrogens with one attached hydrogen (secondary N) is 1. The van der Waals surface area contributed by atoms with Crippen molar-refractivity contribution in [2.75, 3.05) is 12.3 Å². The molecule has 0 atom stereocenters. The summed E-state index contributed by atoms with van der Waals surface area (Å²) in [5.41, 5.74) is 0.950. The Morgan fingerprint density at radius 3 is 2.00 bits per heavy atom. The zero-order valence-electron chi connectivity index (χ0n) is 12.1. The Balaban J connectivity index is 2.03. The standard InChI is InChI=1S/C15H17NO4S2/c1-13-7-9-15(10-8-13)22(19,20)16-11-12-21(17,18)14-5-3-2-4-6-14/h2-10,16H,11-12H2,1H3. The van der Waals surface area contributed by atoms with Gasteiger partial charge in [-0.2, -0.15) is 0 Å². The van der Waals surface area contributed by atoms with Gasteiger partial charge in [0, 0.05) is 6.54 Å². The van der Waals surface area contributed by atoms with Crippen LogP contribution in [0.5, 0.6) is 0 Å². The molecule has 22 heavy (non-hydrogen) atoms. The number of sulfonamides is 1. The van der Waals surface area contributed by atoms with Gasteiger partial charge in [0.25, 0.3) is 0 Å². The van der Waals surface area contributed by atoms with E-state index in [1.54, 1.807) is 30.3 Å². The largest absolute Gasteiger partial charge is 0.240 e. The van der Waals surface area contributed by atoms with Crippen molar-refractivity contribution in [3.8, 4) is 0 Å². The van der Waals surface area contributed by atoms with Crippen LogP contribution in [0.1, 0.15) is 5.56 Å². The van der Waals surface area contributed by atoms with Crippen molar-refractivity contribution in [1.82, 2.24) is 4.72 Å². The van der Waals surface area contributed by atoms with Gasteiger partial charge in [-0.15, -0.1) is 0 Å². The minimum absolute atomic E-state index is 0.121. The smallest absolute Gasteiger partial charge is 0.224 e. The van der Waals surface area contributed by atoms with E-state index in [1.807, 2.05) is 6.92 Å². The first-order valence-corrected chi connectivity index (χ1v) is 9.79. The molecule has 0 aliphatic carbocycles. The van der Waals surface area contributed by atoms with Crippen molar-refractivity contribution in [3.05, 3.63) is 60.2 Å². The maximum Gasteiger partial charge on any atom is 0.240 e. The summed E-state index contributed by atoms with van der Waals surface area (Å²) in [6.45, 7) is 1.68. The molecule has 0 saturated heterocycles. The molecule has 0 bridgehead atoms. The van der Waals surface area contributed by atoms with Gasteiger partial charge in [0.2, 0.25) is 10.0 Å². The molecule has 0 radical (unpaired) electrons. The highest BCUT2D eigenvalue weighted by Gasteiger charge is 2.17. The first-order valence-electron chi connectivity index (χ1n) is 6.65. The van der Waals surface area contributed by atoms with Gasteiger partial charge in [-0.05, 0) is 31.2 Å². The molecule has 0 aromatic heterocycles. The average Bonchev–Trinajstić information content (AvgIpc) is 2.48. The summed E-state index contributed by atoms with van der Waals surface area (Å²) >= 11 is 0. The molecular formula is C15H17NO4S2. The zero-order chi connectivity index (χ0) is 16.2. The van der Waals surface area contributed by atoms with Crippen LogP contribution < -0.4 is 4.72 Å². The Bertz CT molecular complexity index is 827. The van der Waals surface area contributed by atoms with E-state index in [2.05, 4.69) is 4.72 Å². The van der Waals surface area contributed by atoms with Crippen molar-refractivity contribution < 1.29 is 16.8 Å². The molecule has 0 fully saturated rings. The van der Waals surface area contributed by atoms with E-state index in [0.29, 0.717) is 0 Å². The fourth-order valence-corrected chi connectivity index (χ4v) is 4.20. The summed E-state index contributed by atoms with van der Waals surface area (Å²) in [6.07, 6.45) is 0. The summed E-state index contributed by atoms with van der Waals surface area (Å²) in [5, 5.41) is 0. The molecule has 2 aromatic rings. The third kappa shape index (κ3) is 4.16. The van der Waals surface area contributed by atoms with Crippen LogP contribution in [0.4, 0.5) is 0 Å². The third-order valence-corrected chi connectivity index (χ3v) is 6.31. The van der Waals surface area contributed by atoms with Gasteiger partial charge in [-0.1, -0.05) is 35.9 Å². The topological polar surface area (TPSA) is 80.3 Å². The fourth-order valence-electron chi connectivity index (χ4n) is 1.86. The van der Waals surface area contributed by atoms with Gasteiger partial charge in [0.05, 0.1) is 15.5 Å². The number of benzene rings is 2. The van der Waals surface area contributed by atoms with Crippen LogP contribution in [0.15, 0.2) is 64.4 Å². The number of aryl methyl sites for hydroxylation is 1. The molecule has 1 N–H and O–H groups in total. The molecule has 7 heteroatoms. The summed E-state index contributed by atoms with van der Waals surface area (Å²) < 4.78 is 50.6. The van der Waals surface area contributed by atoms with E-state index in [0.717, 1.165) is 5.56 Å². The minimum atomic E-state index is -3.70. The summed E-state index contributed by atoms with van der Waals surface area (Å²) in [7, 11) is -7.19.